The van der Waals surface area contributed by atoms with Crippen LogP contribution >= 0.6 is 0 Å². The lowest BCUT2D eigenvalue weighted by Gasteiger charge is -2.46. The highest BCUT2D eigenvalue weighted by Crippen LogP contribution is 2.47. The largest absolute Gasteiger partial charge is 0.490 e. The molecule has 1 unspecified atom stereocenters. The van der Waals surface area contributed by atoms with Gasteiger partial charge in [-0.25, -0.2) is 9.00 Å². The van der Waals surface area contributed by atoms with E-state index in [-0.39, 0.29) is 29.3 Å². The zero-order chi connectivity index (χ0) is 35.0. The summed E-state index contributed by atoms with van der Waals surface area (Å²) in [5.74, 6) is 0.841. The highest BCUT2D eigenvalue weighted by molar-refractivity contribution is 7.92. The average Bonchev–Trinajstić information content (AvgIpc) is 3.52. The standard InChI is InChI=1S/C39H52N4O6S/c1-26-10-14-33-28(19-26)8-6-17-39(33)24-43-21-30-11-13-32(30)35(48-4)9-5-7-27(2)23-50(46,41-38(45)42-18-16-31(22-42)47-3)40-37(44)29-12-15-36(49-25-39)34(43)20-29/h5,9-10,12,14-15,19-20,27,30-32,35H,6-8,11,13,16-18,21-25H2,1-4H3,(H,40,41,44,45,46)/b9-5+/t27-,30-,31-,32+,35-,39-,50?/m0/s1. The van der Waals surface area contributed by atoms with Crippen LogP contribution in [0.25, 0.3) is 0 Å². The first-order chi connectivity index (χ1) is 24.1. The van der Waals surface area contributed by atoms with Crippen molar-refractivity contribution in [1.29, 1.82) is 0 Å². The topological polar surface area (TPSA) is 110 Å². The quantitative estimate of drug-likeness (QED) is 0.387. The number of hydrogen-bond acceptors (Lipinski definition) is 7. The number of aryl methyl sites for hydroxylation is 2. The summed E-state index contributed by atoms with van der Waals surface area (Å²) in [5.41, 5.74) is 5.03. The maximum atomic E-state index is 14.5. The van der Waals surface area contributed by atoms with Gasteiger partial charge in [0.05, 0.1) is 30.3 Å². The number of ether oxygens (including phenoxy) is 3. The molecular weight excluding hydrogens is 653 g/mol. The molecule has 2 fully saturated rings. The van der Waals surface area contributed by atoms with Gasteiger partial charge in [0.15, 0.2) is 0 Å². The third kappa shape index (κ3) is 7.05. The minimum Gasteiger partial charge on any atom is -0.490 e. The maximum absolute atomic E-state index is 14.5. The van der Waals surface area contributed by atoms with E-state index in [4.69, 9.17) is 14.2 Å². The fourth-order valence-electron chi connectivity index (χ4n) is 8.83. The summed E-state index contributed by atoms with van der Waals surface area (Å²) in [6.45, 7) is 7.15. The van der Waals surface area contributed by atoms with Gasteiger partial charge in [-0.15, -0.1) is 4.36 Å². The number of amides is 3. The van der Waals surface area contributed by atoms with E-state index in [0.717, 1.165) is 56.6 Å². The minimum absolute atomic E-state index is 0.0329. The van der Waals surface area contributed by atoms with Gasteiger partial charge in [0.25, 0.3) is 5.91 Å². The van der Waals surface area contributed by atoms with Crippen molar-refractivity contribution in [2.24, 2.45) is 22.1 Å². The molecule has 270 valence electrons. The highest BCUT2D eigenvalue weighted by atomic mass is 32.2. The second kappa shape index (κ2) is 14.3. The summed E-state index contributed by atoms with van der Waals surface area (Å²) in [7, 11) is -0.0668. The SMILES string of the molecule is CO[C@H]1CCN(C(=O)NS2(=O)=NC(=O)c3ccc4c(c3)N(C[C@@H]3CC[C@H]3[C@@H](OC)/C=C/C[C@H](C)C2)C[C@@]2(CCCc3cc(C)ccc32)CO4)C1. The summed E-state index contributed by atoms with van der Waals surface area (Å²) in [4.78, 5) is 31.4. The fraction of sp³-hybridized carbons (Fsp3) is 0.590. The number of fused-ring (bicyclic) bond motifs is 4. The molecule has 3 aliphatic heterocycles. The number of carbonyl (C=O) groups is 2. The van der Waals surface area contributed by atoms with Gasteiger partial charge in [0.2, 0.25) is 0 Å². The Morgan fingerprint density at radius 1 is 1.10 bits per heavy atom. The smallest absolute Gasteiger partial charge is 0.329 e. The van der Waals surface area contributed by atoms with Crippen molar-refractivity contribution in [2.45, 2.75) is 76.4 Å². The Labute approximate surface area is 297 Å². The molecule has 3 heterocycles. The van der Waals surface area contributed by atoms with E-state index < -0.39 is 21.9 Å². The van der Waals surface area contributed by atoms with Gasteiger partial charge < -0.3 is 24.0 Å². The van der Waals surface area contributed by atoms with Gasteiger partial charge in [-0.05, 0) is 98.9 Å². The van der Waals surface area contributed by atoms with Crippen LogP contribution in [0.5, 0.6) is 5.75 Å². The molecule has 0 radical (unpaired) electrons. The van der Waals surface area contributed by atoms with Crippen molar-refractivity contribution in [1.82, 2.24) is 9.62 Å². The lowest BCUT2D eigenvalue weighted by molar-refractivity contribution is 0.0131. The Morgan fingerprint density at radius 3 is 2.72 bits per heavy atom. The first kappa shape index (κ1) is 35.0. The van der Waals surface area contributed by atoms with E-state index in [1.807, 2.05) is 19.1 Å². The summed E-state index contributed by atoms with van der Waals surface area (Å²) < 4.78 is 39.7. The predicted octanol–water partition coefficient (Wildman–Crippen LogP) is 6.06. The van der Waals surface area contributed by atoms with Crippen molar-refractivity contribution in [3.63, 3.8) is 0 Å². The number of urea groups is 1. The van der Waals surface area contributed by atoms with Crippen LogP contribution < -0.4 is 14.4 Å². The zero-order valence-corrected chi connectivity index (χ0v) is 30.7. The number of allylic oxidation sites excluding steroid dienone is 1. The number of methoxy groups -OCH3 is 2. The van der Waals surface area contributed by atoms with Crippen LogP contribution in [0.3, 0.4) is 0 Å². The zero-order valence-electron chi connectivity index (χ0n) is 29.9. The third-order valence-electron chi connectivity index (χ3n) is 11.7. The van der Waals surface area contributed by atoms with Crippen LogP contribution in [0.2, 0.25) is 0 Å². The molecule has 2 bridgehead atoms. The summed E-state index contributed by atoms with van der Waals surface area (Å²) in [6, 6.07) is 11.8. The fourth-order valence-corrected chi connectivity index (χ4v) is 10.7. The van der Waals surface area contributed by atoms with Crippen LogP contribution in [0, 0.1) is 24.7 Å². The molecule has 1 saturated heterocycles. The maximum Gasteiger partial charge on any atom is 0.329 e. The first-order valence-corrected chi connectivity index (χ1v) is 20.0. The number of nitrogens with one attached hydrogen (secondary N) is 1. The summed E-state index contributed by atoms with van der Waals surface area (Å²) in [6.07, 6.45) is 10.8. The van der Waals surface area contributed by atoms with E-state index in [1.165, 1.54) is 16.7 Å². The van der Waals surface area contributed by atoms with Gasteiger partial charge in [0, 0.05) is 51.4 Å². The number of rotatable bonds is 3. The Kier molecular flexibility index (Phi) is 10.0. The first-order valence-electron chi connectivity index (χ1n) is 18.3. The number of anilines is 1. The van der Waals surface area contributed by atoms with E-state index in [1.54, 1.807) is 25.2 Å². The molecule has 1 spiro atoms. The Bertz CT molecular complexity index is 1770. The van der Waals surface area contributed by atoms with Crippen molar-refractivity contribution in [3.05, 3.63) is 70.8 Å². The van der Waals surface area contributed by atoms with Gasteiger partial charge in [-0.1, -0.05) is 42.8 Å². The second-order valence-corrected chi connectivity index (χ2v) is 17.3. The van der Waals surface area contributed by atoms with E-state index in [0.29, 0.717) is 49.9 Å². The van der Waals surface area contributed by atoms with Crippen molar-refractivity contribution >= 4 is 27.5 Å². The Balaban J connectivity index is 1.28. The molecule has 2 aromatic carbocycles. The van der Waals surface area contributed by atoms with Gasteiger partial charge in [0.1, 0.15) is 15.7 Å². The lowest BCUT2D eigenvalue weighted by Crippen LogP contribution is -2.49. The Morgan fingerprint density at radius 2 is 1.96 bits per heavy atom. The van der Waals surface area contributed by atoms with Crippen LogP contribution in [0.4, 0.5) is 10.5 Å². The number of benzene rings is 2. The van der Waals surface area contributed by atoms with Crippen molar-refractivity contribution in [2.75, 3.05) is 57.7 Å². The molecule has 3 amide bonds. The van der Waals surface area contributed by atoms with Crippen molar-refractivity contribution < 1.29 is 28.0 Å². The summed E-state index contributed by atoms with van der Waals surface area (Å²) in [5, 5.41) is 0. The minimum atomic E-state index is -3.47. The normalized spacial score (nSPS) is 33.3. The van der Waals surface area contributed by atoms with Crippen LogP contribution in [0.1, 0.15) is 72.5 Å². The van der Waals surface area contributed by atoms with Crippen LogP contribution in [-0.4, -0.2) is 86.0 Å². The average molecular weight is 705 g/mol. The van der Waals surface area contributed by atoms with Crippen molar-refractivity contribution in [3.8, 4) is 5.75 Å². The molecule has 1 saturated carbocycles. The van der Waals surface area contributed by atoms with Crippen LogP contribution in [-0.2, 0) is 31.2 Å². The molecule has 50 heavy (non-hydrogen) atoms. The molecule has 2 aliphatic carbocycles. The number of nitrogens with zero attached hydrogens (tertiary/aromatic N) is 3. The molecule has 1 N–H and O–H groups in total. The van der Waals surface area contributed by atoms with E-state index in [2.05, 4.69) is 51.3 Å². The predicted molar refractivity (Wildman–Crippen MR) is 195 cm³/mol. The summed E-state index contributed by atoms with van der Waals surface area (Å²) >= 11 is 0. The molecule has 10 nitrogen and oxygen atoms in total. The monoisotopic (exact) mass is 704 g/mol. The molecule has 0 aromatic heterocycles. The van der Waals surface area contributed by atoms with Crippen LogP contribution in [0.15, 0.2) is 52.9 Å². The Hall–Kier alpha value is -3.41. The lowest BCUT2D eigenvalue weighted by atomic mass is 9.68. The molecule has 11 heteroatoms. The van der Waals surface area contributed by atoms with Gasteiger partial charge in [-0.3, -0.25) is 9.52 Å². The third-order valence-corrected chi connectivity index (χ3v) is 13.7. The highest BCUT2D eigenvalue weighted by Gasteiger charge is 2.44. The number of likely N-dealkylation sites (tertiary alicyclic amines) is 1. The molecule has 7 rings (SSSR count). The van der Waals surface area contributed by atoms with Gasteiger partial charge in [-0.2, -0.15) is 0 Å². The molecule has 5 aliphatic rings. The van der Waals surface area contributed by atoms with E-state index >= 15 is 0 Å². The second-order valence-electron chi connectivity index (χ2n) is 15.3. The van der Waals surface area contributed by atoms with E-state index in [9.17, 15) is 13.8 Å². The number of carbonyl (C=O) groups excluding carboxylic acids is 2. The molecule has 2 aromatic rings. The number of hydrogen-bond donors (Lipinski definition) is 1. The van der Waals surface area contributed by atoms with Gasteiger partial charge >= 0.3 is 6.03 Å². The molecule has 7 atom stereocenters. The molecular formula is C39H52N4O6S.